The molecule has 0 aliphatic carbocycles. The van der Waals surface area contributed by atoms with Crippen molar-refractivity contribution >= 4 is 22.5 Å². The minimum absolute atomic E-state index is 0.0243. The highest BCUT2D eigenvalue weighted by Gasteiger charge is 2.35. The summed E-state index contributed by atoms with van der Waals surface area (Å²) < 4.78 is 13.9. The van der Waals surface area contributed by atoms with Gasteiger partial charge in [-0.1, -0.05) is 29.8 Å². The van der Waals surface area contributed by atoms with Crippen LogP contribution in [0.2, 0.25) is 5.02 Å². The first-order valence-electron chi connectivity index (χ1n) is 9.53. The Hall–Kier alpha value is -2.00. The van der Waals surface area contributed by atoms with E-state index in [1.807, 2.05) is 18.2 Å². The number of aliphatic hydroxyl groups is 2. The lowest BCUT2D eigenvalue weighted by Crippen LogP contribution is -2.39. The third-order valence-electron chi connectivity index (χ3n) is 5.49. The maximum atomic E-state index is 13.9. The molecule has 2 aromatic carbocycles. The Morgan fingerprint density at radius 1 is 1.31 bits per heavy atom. The molecule has 7 N–H and O–H groups in total. The van der Waals surface area contributed by atoms with Crippen molar-refractivity contribution in [3.05, 3.63) is 59.0 Å². The topological polar surface area (TPSA) is 106 Å². The zero-order valence-corrected chi connectivity index (χ0v) is 16.5. The maximum Gasteiger partial charge on any atom is 0.146 e. The van der Waals surface area contributed by atoms with Gasteiger partial charge in [-0.3, -0.25) is 5.32 Å². The second-order valence-corrected chi connectivity index (χ2v) is 8.01. The summed E-state index contributed by atoms with van der Waals surface area (Å²) in [7, 11) is 0. The number of aromatic amines is 1. The molecular weight excluding hydrogens is 395 g/mol. The minimum Gasteiger partial charge on any atom is -0.387 e. The Morgan fingerprint density at radius 3 is 2.83 bits per heavy atom. The molecule has 2 heterocycles. The van der Waals surface area contributed by atoms with Crippen LogP contribution in [0.25, 0.3) is 22.0 Å². The zero-order chi connectivity index (χ0) is 20.6. The van der Waals surface area contributed by atoms with E-state index in [2.05, 4.69) is 15.6 Å². The number of β-amino-alcohol motifs (C(OH)–C–C–N with tert-alkyl or cyclic N) is 1. The molecule has 0 spiro atoms. The normalized spacial score (nSPS) is 23.0. The molecule has 0 bridgehead atoms. The number of nitrogens with one attached hydrogen (secondary N) is 3. The second-order valence-electron chi connectivity index (χ2n) is 7.60. The van der Waals surface area contributed by atoms with E-state index in [0.717, 1.165) is 0 Å². The summed E-state index contributed by atoms with van der Waals surface area (Å²) in [5.41, 5.74) is 7.28. The van der Waals surface area contributed by atoms with Crippen LogP contribution in [0, 0.1) is 5.82 Å². The molecule has 1 aromatic heterocycles. The molecular formula is C21H24ClFN4O2. The number of halogens is 2. The van der Waals surface area contributed by atoms with Gasteiger partial charge in [0, 0.05) is 52.7 Å². The van der Waals surface area contributed by atoms with Gasteiger partial charge in [-0.15, -0.1) is 0 Å². The summed E-state index contributed by atoms with van der Waals surface area (Å²) in [6, 6.07) is 11.7. The van der Waals surface area contributed by atoms with Crippen LogP contribution in [-0.2, 0) is 0 Å². The van der Waals surface area contributed by atoms with Gasteiger partial charge in [0.1, 0.15) is 12.0 Å². The highest BCUT2D eigenvalue weighted by molar-refractivity contribution is 6.33. The molecule has 1 saturated heterocycles. The number of aromatic nitrogens is 1. The summed E-state index contributed by atoms with van der Waals surface area (Å²) in [6.45, 7) is 1.03. The molecule has 3 aromatic rings. The molecule has 3 atom stereocenters. The number of hydrogen-bond donors (Lipinski definition) is 6. The van der Waals surface area contributed by atoms with E-state index >= 15 is 0 Å². The van der Waals surface area contributed by atoms with Crippen LogP contribution in [0.5, 0.6) is 0 Å². The number of benzene rings is 2. The van der Waals surface area contributed by atoms with Crippen molar-refractivity contribution in [3.8, 4) is 11.1 Å². The van der Waals surface area contributed by atoms with Crippen molar-refractivity contribution in [1.82, 2.24) is 15.6 Å². The van der Waals surface area contributed by atoms with Crippen LogP contribution in [0.3, 0.4) is 0 Å². The van der Waals surface area contributed by atoms with Crippen LogP contribution < -0.4 is 16.4 Å². The zero-order valence-electron chi connectivity index (χ0n) is 15.8. The van der Waals surface area contributed by atoms with Crippen LogP contribution >= 0.6 is 11.6 Å². The molecule has 8 heteroatoms. The largest absolute Gasteiger partial charge is 0.387 e. The molecule has 1 fully saturated rings. The highest BCUT2D eigenvalue weighted by Crippen LogP contribution is 2.38. The summed E-state index contributed by atoms with van der Waals surface area (Å²) >= 11 is 6.40. The predicted molar refractivity (Wildman–Crippen MR) is 112 cm³/mol. The van der Waals surface area contributed by atoms with Gasteiger partial charge in [0.2, 0.25) is 0 Å². The average Bonchev–Trinajstić information content (AvgIpc) is 3.27. The molecule has 2 unspecified atom stereocenters. The van der Waals surface area contributed by atoms with E-state index in [9.17, 15) is 14.6 Å². The Bertz CT molecular complexity index is 1030. The van der Waals surface area contributed by atoms with Crippen LogP contribution in [0.1, 0.15) is 18.3 Å². The Balaban J connectivity index is 1.65. The van der Waals surface area contributed by atoms with Gasteiger partial charge in [-0.05, 0) is 30.7 Å². The van der Waals surface area contributed by atoms with E-state index in [4.69, 9.17) is 17.3 Å². The van der Waals surface area contributed by atoms with E-state index < -0.39 is 11.8 Å². The van der Waals surface area contributed by atoms with Crippen molar-refractivity contribution in [2.45, 2.75) is 24.3 Å². The lowest BCUT2D eigenvalue weighted by atomic mass is 10.00. The van der Waals surface area contributed by atoms with Gasteiger partial charge in [0.15, 0.2) is 0 Å². The van der Waals surface area contributed by atoms with Crippen molar-refractivity contribution in [2.75, 3.05) is 19.6 Å². The monoisotopic (exact) mass is 418 g/mol. The van der Waals surface area contributed by atoms with Gasteiger partial charge in [0.25, 0.3) is 0 Å². The van der Waals surface area contributed by atoms with Gasteiger partial charge < -0.3 is 26.2 Å². The highest BCUT2D eigenvalue weighted by atomic mass is 35.5. The lowest BCUT2D eigenvalue weighted by molar-refractivity contribution is 0.0667. The summed E-state index contributed by atoms with van der Waals surface area (Å²) in [5.74, 6) is -0.366. The van der Waals surface area contributed by atoms with Gasteiger partial charge >= 0.3 is 0 Å². The quantitative estimate of drug-likeness (QED) is 0.344. The van der Waals surface area contributed by atoms with Gasteiger partial charge in [-0.2, -0.15) is 0 Å². The fraction of sp³-hybridized carbons (Fsp3) is 0.333. The van der Waals surface area contributed by atoms with Crippen molar-refractivity contribution in [2.24, 2.45) is 5.73 Å². The molecule has 154 valence electrons. The fourth-order valence-electron chi connectivity index (χ4n) is 3.94. The first kappa shape index (κ1) is 20.3. The average molecular weight is 419 g/mol. The summed E-state index contributed by atoms with van der Waals surface area (Å²) in [4.78, 5) is 3.19. The Kier molecular flexibility index (Phi) is 5.61. The van der Waals surface area contributed by atoms with Gasteiger partial charge in [0.05, 0.1) is 11.3 Å². The Labute approximate surface area is 172 Å². The molecule has 0 saturated carbocycles. The van der Waals surface area contributed by atoms with E-state index in [-0.39, 0.29) is 18.4 Å². The lowest BCUT2D eigenvalue weighted by Gasteiger charge is -2.20. The molecule has 4 rings (SSSR count). The van der Waals surface area contributed by atoms with Crippen LogP contribution in [0.15, 0.2) is 42.5 Å². The van der Waals surface area contributed by atoms with Crippen molar-refractivity contribution < 1.29 is 14.6 Å². The first-order valence-corrected chi connectivity index (χ1v) is 9.91. The molecule has 0 radical (unpaired) electrons. The number of aliphatic hydroxyl groups excluding tert-OH is 1. The minimum atomic E-state index is -1.04. The first-order chi connectivity index (χ1) is 13.9. The predicted octanol–water partition coefficient (Wildman–Crippen LogP) is 2.26. The molecule has 1 aliphatic rings. The smallest absolute Gasteiger partial charge is 0.146 e. The third-order valence-corrected chi connectivity index (χ3v) is 5.82. The number of hydrogen-bond acceptors (Lipinski definition) is 5. The fourth-order valence-corrected chi connectivity index (χ4v) is 4.17. The third kappa shape index (κ3) is 4.02. The SMILES string of the molecule is NCC1(O)CN[C@H](CNC(O)c2[nH]c3ccc(F)cc3c2-c2ccccc2Cl)C1. The standard InChI is InChI=1S/C21H24ClFN4O2/c22-16-4-2-1-3-14(16)18-15-7-12(23)5-6-17(15)27-19(18)20(28)25-9-13-8-21(29,10-24)11-26-13/h1-7,13,20,25-29H,8-11,24H2/t13-,20?,21?/m0/s1. The number of nitrogens with two attached hydrogens (primary N) is 1. The number of fused-ring (bicyclic) bond motifs is 1. The summed E-state index contributed by atoms with van der Waals surface area (Å²) in [6.07, 6.45) is -0.538. The molecule has 29 heavy (non-hydrogen) atoms. The van der Waals surface area contributed by atoms with Crippen LogP contribution in [-0.4, -0.2) is 46.5 Å². The number of H-pyrrole nitrogens is 1. The molecule has 0 amide bonds. The molecule has 1 aliphatic heterocycles. The number of rotatable bonds is 6. The van der Waals surface area contributed by atoms with Crippen molar-refractivity contribution in [3.63, 3.8) is 0 Å². The van der Waals surface area contributed by atoms with E-state index in [0.29, 0.717) is 52.3 Å². The second kappa shape index (κ2) is 8.02. The van der Waals surface area contributed by atoms with E-state index in [1.165, 1.54) is 12.1 Å². The molecule has 6 nitrogen and oxygen atoms in total. The summed E-state index contributed by atoms with van der Waals surface area (Å²) in [5, 5.41) is 28.6. The van der Waals surface area contributed by atoms with Crippen molar-refractivity contribution in [1.29, 1.82) is 0 Å². The van der Waals surface area contributed by atoms with Crippen LogP contribution in [0.4, 0.5) is 4.39 Å². The van der Waals surface area contributed by atoms with E-state index in [1.54, 1.807) is 12.1 Å². The van der Waals surface area contributed by atoms with Gasteiger partial charge in [-0.25, -0.2) is 4.39 Å². The Morgan fingerprint density at radius 2 is 2.10 bits per heavy atom. The maximum absolute atomic E-state index is 13.9.